The van der Waals surface area contributed by atoms with Crippen molar-refractivity contribution in [1.29, 1.82) is 0 Å². The van der Waals surface area contributed by atoms with Crippen molar-refractivity contribution in [3.05, 3.63) is 83.9 Å². The van der Waals surface area contributed by atoms with E-state index in [2.05, 4.69) is 33.3 Å². The fourth-order valence-corrected chi connectivity index (χ4v) is 4.30. The van der Waals surface area contributed by atoms with Crippen LogP contribution < -0.4 is 0 Å². The first-order chi connectivity index (χ1) is 14.7. The van der Waals surface area contributed by atoms with Crippen molar-refractivity contribution in [2.75, 3.05) is 13.1 Å². The van der Waals surface area contributed by atoms with Gasteiger partial charge in [-0.3, -0.25) is 4.79 Å². The molecule has 2 aromatic heterocycles. The predicted octanol–water partition coefficient (Wildman–Crippen LogP) is 4.12. The summed E-state index contributed by atoms with van der Waals surface area (Å²) in [4.78, 5) is 24.0. The predicted molar refractivity (Wildman–Crippen MR) is 115 cm³/mol. The largest absolute Gasteiger partial charge is 0.338 e. The van der Waals surface area contributed by atoms with Crippen LogP contribution in [0.4, 0.5) is 0 Å². The maximum absolute atomic E-state index is 13.3. The molecular weight excluding hydrogens is 374 g/mol. The molecule has 150 valence electrons. The molecule has 5 rings (SSSR count). The first-order valence-electron chi connectivity index (χ1n) is 10.3. The summed E-state index contributed by atoms with van der Waals surface area (Å²) in [6.07, 6.45) is 3.52. The van der Waals surface area contributed by atoms with Crippen LogP contribution in [0, 0.1) is 6.92 Å². The maximum Gasteiger partial charge on any atom is 0.253 e. The van der Waals surface area contributed by atoms with Crippen molar-refractivity contribution in [1.82, 2.24) is 24.5 Å². The Morgan fingerprint density at radius 3 is 2.73 bits per heavy atom. The van der Waals surface area contributed by atoms with Crippen LogP contribution >= 0.6 is 0 Å². The summed E-state index contributed by atoms with van der Waals surface area (Å²) in [6, 6.07) is 20.1. The zero-order valence-corrected chi connectivity index (χ0v) is 16.9. The van der Waals surface area contributed by atoms with Gasteiger partial charge in [0.25, 0.3) is 11.7 Å². The Hall–Kier alpha value is -3.54. The number of carbonyl (C=O) groups is 1. The number of rotatable bonds is 3. The van der Waals surface area contributed by atoms with Crippen LogP contribution in [0.25, 0.3) is 16.9 Å². The van der Waals surface area contributed by atoms with E-state index >= 15 is 0 Å². The van der Waals surface area contributed by atoms with E-state index < -0.39 is 0 Å². The summed E-state index contributed by atoms with van der Waals surface area (Å²) in [5.41, 5.74) is 4.90. The Kier molecular flexibility index (Phi) is 4.75. The molecule has 30 heavy (non-hydrogen) atoms. The highest BCUT2D eigenvalue weighted by Crippen LogP contribution is 2.29. The Bertz CT molecular complexity index is 1200. The third-order valence-electron chi connectivity index (χ3n) is 5.75. The number of fused-ring (bicyclic) bond motifs is 1. The number of hydrogen-bond donors (Lipinski definition) is 0. The third kappa shape index (κ3) is 3.45. The lowest BCUT2D eigenvalue weighted by atomic mass is 9.93. The standard InChI is InChI=1S/C24H23N5O/c1-17-13-22(29-24(27-17)25-16-26-29)21-11-6-12-28(15-21)23(30)20-10-5-9-19(14-20)18-7-3-2-4-8-18/h2-5,7-10,13-14,16,21H,6,11-12,15H2,1H3. The number of hydrogen-bond acceptors (Lipinski definition) is 4. The number of aryl methyl sites for hydroxylation is 1. The SMILES string of the molecule is Cc1cc(C2CCCN(C(=O)c3cccc(-c4ccccc4)c3)C2)n2ncnc2n1. The maximum atomic E-state index is 13.3. The van der Waals surface area contributed by atoms with E-state index in [1.807, 2.05) is 58.8 Å². The minimum absolute atomic E-state index is 0.0816. The molecule has 1 saturated heterocycles. The van der Waals surface area contributed by atoms with Gasteiger partial charge in [0, 0.05) is 30.3 Å². The van der Waals surface area contributed by atoms with Crippen LogP contribution in [-0.2, 0) is 0 Å². The number of piperidine rings is 1. The molecular formula is C24H23N5O. The number of aromatic nitrogens is 4. The van der Waals surface area contributed by atoms with Gasteiger partial charge < -0.3 is 4.90 Å². The average molecular weight is 397 g/mol. The lowest BCUT2D eigenvalue weighted by Gasteiger charge is -2.33. The zero-order chi connectivity index (χ0) is 20.5. The van der Waals surface area contributed by atoms with Crippen molar-refractivity contribution in [2.24, 2.45) is 0 Å². The van der Waals surface area contributed by atoms with Gasteiger partial charge in [0.2, 0.25) is 0 Å². The second-order valence-corrected chi connectivity index (χ2v) is 7.83. The zero-order valence-electron chi connectivity index (χ0n) is 16.9. The van der Waals surface area contributed by atoms with Crippen LogP contribution in [0.1, 0.15) is 40.5 Å². The molecule has 1 atom stereocenters. The minimum atomic E-state index is 0.0816. The molecule has 1 aliphatic rings. The number of benzene rings is 2. The highest BCUT2D eigenvalue weighted by molar-refractivity contribution is 5.95. The Morgan fingerprint density at radius 1 is 1.03 bits per heavy atom. The van der Waals surface area contributed by atoms with Gasteiger partial charge >= 0.3 is 0 Å². The second-order valence-electron chi connectivity index (χ2n) is 7.83. The number of carbonyl (C=O) groups excluding carboxylic acids is 1. The van der Waals surface area contributed by atoms with E-state index in [1.54, 1.807) is 0 Å². The van der Waals surface area contributed by atoms with Crippen LogP contribution in [-0.4, -0.2) is 43.5 Å². The molecule has 1 amide bonds. The molecule has 6 nitrogen and oxygen atoms in total. The van der Waals surface area contributed by atoms with Crippen molar-refractivity contribution in [3.63, 3.8) is 0 Å². The molecule has 0 bridgehead atoms. The lowest BCUT2D eigenvalue weighted by molar-refractivity contribution is 0.0705. The van der Waals surface area contributed by atoms with E-state index in [-0.39, 0.29) is 11.8 Å². The molecule has 0 N–H and O–H groups in total. The van der Waals surface area contributed by atoms with E-state index in [0.717, 1.165) is 47.5 Å². The molecule has 0 radical (unpaired) electrons. The summed E-state index contributed by atoms with van der Waals surface area (Å²) in [5.74, 6) is 0.910. The molecule has 1 aliphatic heterocycles. The number of nitrogens with zero attached hydrogens (tertiary/aromatic N) is 5. The molecule has 4 aromatic rings. The first-order valence-corrected chi connectivity index (χ1v) is 10.3. The summed E-state index contributed by atoms with van der Waals surface area (Å²) < 4.78 is 1.81. The third-order valence-corrected chi connectivity index (χ3v) is 5.75. The smallest absolute Gasteiger partial charge is 0.253 e. The van der Waals surface area contributed by atoms with Gasteiger partial charge in [-0.05, 0) is 49.1 Å². The van der Waals surface area contributed by atoms with Crippen molar-refractivity contribution >= 4 is 11.7 Å². The van der Waals surface area contributed by atoms with Crippen LogP contribution in [0.5, 0.6) is 0 Å². The summed E-state index contributed by atoms with van der Waals surface area (Å²) in [5, 5.41) is 4.35. The normalized spacial score (nSPS) is 16.7. The van der Waals surface area contributed by atoms with E-state index in [9.17, 15) is 4.79 Å². The van der Waals surface area contributed by atoms with Gasteiger partial charge in [-0.1, -0.05) is 42.5 Å². The lowest BCUT2D eigenvalue weighted by Crippen LogP contribution is -2.39. The minimum Gasteiger partial charge on any atom is -0.338 e. The Morgan fingerprint density at radius 2 is 1.87 bits per heavy atom. The molecule has 3 heterocycles. The molecule has 0 saturated carbocycles. The van der Waals surface area contributed by atoms with Crippen LogP contribution in [0.2, 0.25) is 0 Å². The molecule has 0 spiro atoms. The summed E-state index contributed by atoms with van der Waals surface area (Å²) >= 11 is 0. The fraction of sp³-hybridized carbons (Fsp3) is 0.250. The van der Waals surface area contributed by atoms with E-state index in [1.165, 1.54) is 6.33 Å². The monoisotopic (exact) mass is 397 g/mol. The quantitative estimate of drug-likeness (QED) is 0.522. The highest BCUT2D eigenvalue weighted by atomic mass is 16.2. The number of amides is 1. The van der Waals surface area contributed by atoms with Gasteiger partial charge in [-0.25, -0.2) is 9.50 Å². The van der Waals surface area contributed by atoms with Gasteiger partial charge in [-0.2, -0.15) is 10.1 Å². The summed E-state index contributed by atoms with van der Waals surface area (Å²) in [6.45, 7) is 3.42. The van der Waals surface area contributed by atoms with Crippen LogP contribution in [0.15, 0.2) is 67.0 Å². The van der Waals surface area contributed by atoms with Gasteiger partial charge in [0.05, 0.1) is 5.69 Å². The van der Waals surface area contributed by atoms with Crippen molar-refractivity contribution in [2.45, 2.75) is 25.7 Å². The first kappa shape index (κ1) is 18.5. The second kappa shape index (κ2) is 7.71. The van der Waals surface area contributed by atoms with Crippen molar-refractivity contribution in [3.8, 4) is 11.1 Å². The van der Waals surface area contributed by atoms with Crippen LogP contribution in [0.3, 0.4) is 0 Å². The highest BCUT2D eigenvalue weighted by Gasteiger charge is 2.27. The molecule has 0 aliphatic carbocycles. The van der Waals surface area contributed by atoms with Crippen molar-refractivity contribution < 1.29 is 4.79 Å². The number of likely N-dealkylation sites (tertiary alicyclic amines) is 1. The van der Waals surface area contributed by atoms with E-state index in [4.69, 9.17) is 0 Å². The van der Waals surface area contributed by atoms with Gasteiger partial charge in [0.1, 0.15) is 6.33 Å². The van der Waals surface area contributed by atoms with Gasteiger partial charge in [0.15, 0.2) is 0 Å². The fourth-order valence-electron chi connectivity index (χ4n) is 4.30. The summed E-state index contributed by atoms with van der Waals surface area (Å²) in [7, 11) is 0. The molecule has 1 unspecified atom stereocenters. The topological polar surface area (TPSA) is 63.4 Å². The molecule has 2 aromatic carbocycles. The van der Waals surface area contributed by atoms with E-state index in [0.29, 0.717) is 12.3 Å². The molecule has 1 fully saturated rings. The average Bonchev–Trinajstić information content (AvgIpc) is 3.27. The Balaban J connectivity index is 1.41. The molecule has 6 heteroatoms. The Labute approximate surface area is 175 Å². The van der Waals surface area contributed by atoms with Gasteiger partial charge in [-0.15, -0.1) is 0 Å².